The first-order valence-electron chi connectivity index (χ1n) is 9.70. The van der Waals surface area contributed by atoms with E-state index in [1.54, 1.807) is 13.2 Å². The van der Waals surface area contributed by atoms with E-state index in [0.29, 0.717) is 23.7 Å². The van der Waals surface area contributed by atoms with Gasteiger partial charge >= 0.3 is 0 Å². The van der Waals surface area contributed by atoms with E-state index in [1.807, 2.05) is 24.3 Å². The first kappa shape index (κ1) is 21.1. The fourth-order valence-electron chi connectivity index (χ4n) is 3.41. The molecule has 0 fully saturated rings. The monoisotopic (exact) mass is 442 g/mol. The minimum Gasteiger partial charge on any atom is -0.497 e. The molecule has 9 nitrogen and oxygen atoms in total. The predicted octanol–water partition coefficient (Wildman–Crippen LogP) is 4.60. The van der Waals surface area contributed by atoms with E-state index in [2.05, 4.69) is 28.6 Å². The summed E-state index contributed by atoms with van der Waals surface area (Å²) in [7, 11) is 1.63. The number of hydrogen-bond donors (Lipinski definition) is 0. The van der Waals surface area contributed by atoms with Gasteiger partial charge in [-0.3, -0.25) is 14.7 Å². The molecule has 0 saturated heterocycles. The molecule has 0 saturated carbocycles. The highest BCUT2D eigenvalue weighted by Gasteiger charge is 2.23. The van der Waals surface area contributed by atoms with Gasteiger partial charge in [0, 0.05) is 40.6 Å². The molecule has 10 heteroatoms. The summed E-state index contributed by atoms with van der Waals surface area (Å²) in [5.41, 5.74) is 2.37. The molecule has 0 spiro atoms. The first-order valence-corrected chi connectivity index (χ1v) is 10.7. The quantitative estimate of drug-likeness (QED) is 0.297. The molecule has 2 heterocycles. The van der Waals surface area contributed by atoms with Gasteiger partial charge in [-0.25, -0.2) is 0 Å². The van der Waals surface area contributed by atoms with Crippen LogP contribution >= 0.6 is 11.8 Å². The van der Waals surface area contributed by atoms with Crippen LogP contribution in [-0.4, -0.2) is 33.6 Å². The van der Waals surface area contributed by atoms with Crippen molar-refractivity contribution in [3.05, 3.63) is 57.6 Å². The van der Waals surface area contributed by atoms with Crippen molar-refractivity contribution in [2.24, 2.45) is 0 Å². The summed E-state index contributed by atoms with van der Waals surface area (Å²) in [6.07, 6.45) is 0. The van der Waals surface area contributed by atoms with Crippen LogP contribution < -0.4 is 9.47 Å². The van der Waals surface area contributed by atoms with E-state index < -0.39 is 4.92 Å². The maximum absolute atomic E-state index is 11.3. The number of methoxy groups -OCH3 is 1. The lowest BCUT2D eigenvalue weighted by Crippen LogP contribution is -2.13. The summed E-state index contributed by atoms with van der Waals surface area (Å²) in [5, 5.41) is 20.9. The number of thioether (sulfide) groups is 1. The summed E-state index contributed by atoms with van der Waals surface area (Å²) in [6.45, 7) is 4.55. The lowest BCUT2D eigenvalue weighted by atomic mass is 10.1. The lowest BCUT2D eigenvalue weighted by Gasteiger charge is -2.20. The van der Waals surface area contributed by atoms with Crippen LogP contribution in [0.2, 0.25) is 0 Å². The van der Waals surface area contributed by atoms with Crippen molar-refractivity contribution in [2.45, 2.75) is 37.4 Å². The van der Waals surface area contributed by atoms with Gasteiger partial charge < -0.3 is 14.2 Å². The molecule has 4 rings (SSSR count). The standard InChI is InChI=1S/C21H22N4O5S/c1-13(2)24-20(14-4-6-18(28-3)7-5-14)22-23-21(24)31-11-16-9-17(25(26)27)8-15-10-29-12-30-19(15)16/h4-9,13H,10-12H2,1-3H3. The Morgan fingerprint density at radius 1 is 1.26 bits per heavy atom. The first-order chi connectivity index (χ1) is 15.0. The molecule has 0 N–H and O–H groups in total. The van der Waals surface area contributed by atoms with Crippen molar-refractivity contribution >= 4 is 17.4 Å². The Balaban J connectivity index is 1.64. The Bertz CT molecular complexity index is 1100. The van der Waals surface area contributed by atoms with Crippen molar-refractivity contribution < 1.29 is 19.1 Å². The number of aromatic nitrogens is 3. The second kappa shape index (κ2) is 8.94. The number of hydrogen-bond acceptors (Lipinski definition) is 8. The number of nitro groups is 1. The number of rotatable bonds is 7. The Kier molecular flexibility index (Phi) is 6.10. The molecule has 0 unspecified atom stereocenters. The van der Waals surface area contributed by atoms with Crippen molar-refractivity contribution in [2.75, 3.05) is 13.9 Å². The van der Waals surface area contributed by atoms with Gasteiger partial charge in [0.1, 0.15) is 11.5 Å². The third-order valence-corrected chi connectivity index (χ3v) is 5.86. The topological polar surface area (TPSA) is 102 Å². The maximum atomic E-state index is 11.3. The lowest BCUT2D eigenvalue weighted by molar-refractivity contribution is -0.385. The number of ether oxygens (including phenoxy) is 3. The second-order valence-corrected chi connectivity index (χ2v) is 8.19. The number of benzene rings is 2. The molecule has 2 aromatic carbocycles. The van der Waals surface area contributed by atoms with Gasteiger partial charge in [-0.15, -0.1) is 10.2 Å². The highest BCUT2D eigenvalue weighted by atomic mass is 32.2. The van der Waals surface area contributed by atoms with Gasteiger partial charge in [-0.1, -0.05) is 11.8 Å². The molecule has 162 valence electrons. The van der Waals surface area contributed by atoms with Crippen molar-refractivity contribution in [1.82, 2.24) is 14.8 Å². The highest BCUT2D eigenvalue weighted by molar-refractivity contribution is 7.98. The fourth-order valence-corrected chi connectivity index (χ4v) is 4.45. The Hall–Kier alpha value is -3.11. The zero-order chi connectivity index (χ0) is 22.0. The highest BCUT2D eigenvalue weighted by Crippen LogP contribution is 2.37. The third kappa shape index (κ3) is 4.35. The van der Waals surface area contributed by atoms with Gasteiger partial charge in [0.05, 0.1) is 18.6 Å². The van der Waals surface area contributed by atoms with Crippen LogP contribution in [0, 0.1) is 10.1 Å². The smallest absolute Gasteiger partial charge is 0.270 e. The van der Waals surface area contributed by atoms with E-state index in [9.17, 15) is 10.1 Å². The Labute approximate surface area is 183 Å². The molecule has 1 aliphatic rings. The molecule has 0 aliphatic carbocycles. The molecule has 0 bridgehead atoms. The van der Waals surface area contributed by atoms with Crippen LogP contribution in [0.1, 0.15) is 31.0 Å². The van der Waals surface area contributed by atoms with Crippen LogP contribution in [0.3, 0.4) is 0 Å². The molecule has 1 aliphatic heterocycles. The van der Waals surface area contributed by atoms with Gasteiger partial charge in [-0.2, -0.15) is 0 Å². The number of nitrogens with zero attached hydrogens (tertiary/aromatic N) is 4. The largest absolute Gasteiger partial charge is 0.497 e. The van der Waals surface area contributed by atoms with E-state index in [1.165, 1.54) is 17.8 Å². The summed E-state index contributed by atoms with van der Waals surface area (Å²) in [6, 6.07) is 10.8. The summed E-state index contributed by atoms with van der Waals surface area (Å²) >= 11 is 1.47. The van der Waals surface area contributed by atoms with Gasteiger partial charge in [0.2, 0.25) is 0 Å². The van der Waals surface area contributed by atoms with Crippen molar-refractivity contribution in [3.8, 4) is 22.9 Å². The van der Waals surface area contributed by atoms with Crippen LogP contribution in [0.15, 0.2) is 41.6 Å². The Morgan fingerprint density at radius 3 is 2.71 bits per heavy atom. The van der Waals surface area contributed by atoms with Gasteiger partial charge in [0.15, 0.2) is 17.8 Å². The molecule has 3 aromatic rings. The predicted molar refractivity (Wildman–Crippen MR) is 115 cm³/mol. The number of nitro benzene ring substituents is 1. The number of non-ortho nitro benzene ring substituents is 1. The van der Waals surface area contributed by atoms with Crippen molar-refractivity contribution in [1.29, 1.82) is 0 Å². The van der Waals surface area contributed by atoms with E-state index >= 15 is 0 Å². The average molecular weight is 442 g/mol. The molecule has 0 atom stereocenters. The maximum Gasteiger partial charge on any atom is 0.270 e. The molecule has 0 amide bonds. The summed E-state index contributed by atoms with van der Waals surface area (Å²) in [4.78, 5) is 10.9. The van der Waals surface area contributed by atoms with Gasteiger partial charge in [0.25, 0.3) is 5.69 Å². The molecular formula is C21H22N4O5S. The van der Waals surface area contributed by atoms with E-state index in [0.717, 1.165) is 27.9 Å². The van der Waals surface area contributed by atoms with Crippen LogP contribution in [-0.2, 0) is 17.1 Å². The third-order valence-electron chi connectivity index (χ3n) is 4.87. The zero-order valence-electron chi connectivity index (χ0n) is 17.4. The molecule has 1 aromatic heterocycles. The Morgan fingerprint density at radius 2 is 2.03 bits per heavy atom. The summed E-state index contributed by atoms with van der Waals surface area (Å²) in [5.74, 6) is 2.63. The zero-order valence-corrected chi connectivity index (χ0v) is 18.2. The molecule has 31 heavy (non-hydrogen) atoms. The van der Waals surface area contributed by atoms with Gasteiger partial charge in [-0.05, 0) is 38.1 Å². The van der Waals surface area contributed by atoms with E-state index in [4.69, 9.17) is 14.2 Å². The number of fused-ring (bicyclic) bond motifs is 1. The second-order valence-electron chi connectivity index (χ2n) is 7.25. The SMILES string of the molecule is COc1ccc(-c2nnc(SCc3cc([N+](=O)[O-])cc4c3OCOC4)n2C(C)C)cc1. The molecular weight excluding hydrogens is 420 g/mol. The molecule has 0 radical (unpaired) electrons. The summed E-state index contributed by atoms with van der Waals surface area (Å²) < 4.78 is 18.2. The van der Waals surface area contributed by atoms with Crippen LogP contribution in [0.25, 0.3) is 11.4 Å². The van der Waals surface area contributed by atoms with Crippen LogP contribution in [0.4, 0.5) is 5.69 Å². The van der Waals surface area contributed by atoms with Crippen LogP contribution in [0.5, 0.6) is 11.5 Å². The van der Waals surface area contributed by atoms with E-state index in [-0.39, 0.29) is 18.5 Å². The minimum absolute atomic E-state index is 0.0210. The fraction of sp³-hybridized carbons (Fsp3) is 0.333. The normalized spacial score (nSPS) is 13.0. The average Bonchev–Trinajstić information content (AvgIpc) is 3.21. The minimum atomic E-state index is -0.401. The van der Waals surface area contributed by atoms with Crippen molar-refractivity contribution in [3.63, 3.8) is 0 Å².